The summed E-state index contributed by atoms with van der Waals surface area (Å²) in [5.41, 5.74) is 3.94. The van der Waals surface area contributed by atoms with Crippen LogP contribution in [0.1, 0.15) is 42.2 Å². The third-order valence-corrected chi connectivity index (χ3v) is 5.59. The standard InChI is InChI=1S/C15H16N2O2S/c16-20(18,19)13-5-3-12(4-6-13)17-8-14-10-1-2-11(7-10)15(14)9-17/h3-6,8-11H,1-2,7H2,(H2,16,18,19). The zero-order chi connectivity index (χ0) is 13.9. The Labute approximate surface area is 118 Å². The number of aromatic nitrogens is 1. The predicted octanol–water partition coefficient (Wildman–Crippen LogP) is 2.49. The summed E-state index contributed by atoms with van der Waals surface area (Å²) in [5, 5.41) is 5.11. The van der Waals surface area contributed by atoms with Crippen LogP contribution in [0.2, 0.25) is 0 Å². The molecular weight excluding hydrogens is 272 g/mol. The van der Waals surface area contributed by atoms with E-state index in [4.69, 9.17) is 5.14 Å². The lowest BCUT2D eigenvalue weighted by Gasteiger charge is -2.07. The van der Waals surface area contributed by atoms with Crippen molar-refractivity contribution in [3.05, 3.63) is 47.8 Å². The van der Waals surface area contributed by atoms with Crippen LogP contribution in [0.5, 0.6) is 0 Å². The number of nitrogens with two attached hydrogens (primary N) is 1. The molecule has 1 heterocycles. The lowest BCUT2D eigenvalue weighted by Crippen LogP contribution is -2.11. The molecule has 0 spiro atoms. The zero-order valence-electron chi connectivity index (χ0n) is 11.0. The molecule has 20 heavy (non-hydrogen) atoms. The Bertz CT molecular complexity index is 747. The van der Waals surface area contributed by atoms with Crippen molar-refractivity contribution in [1.82, 2.24) is 4.57 Å². The maximum atomic E-state index is 11.3. The SMILES string of the molecule is NS(=O)(=O)c1ccc(-n2cc3c(c2)C2CCC3C2)cc1. The van der Waals surface area contributed by atoms with Gasteiger partial charge in [-0.1, -0.05) is 0 Å². The average Bonchev–Trinajstić information content (AvgIpc) is 3.10. The Kier molecular flexibility index (Phi) is 2.41. The van der Waals surface area contributed by atoms with Crippen LogP contribution >= 0.6 is 0 Å². The van der Waals surface area contributed by atoms with Crippen LogP contribution in [0.15, 0.2) is 41.6 Å². The summed E-state index contributed by atoms with van der Waals surface area (Å²) in [6.45, 7) is 0. The highest BCUT2D eigenvalue weighted by atomic mass is 32.2. The number of nitrogens with zero attached hydrogens (tertiary/aromatic N) is 1. The summed E-state index contributed by atoms with van der Waals surface area (Å²) in [7, 11) is -3.62. The molecule has 1 aromatic carbocycles. The Balaban J connectivity index is 1.72. The van der Waals surface area contributed by atoms with E-state index in [-0.39, 0.29) is 4.90 Å². The molecule has 1 saturated carbocycles. The zero-order valence-corrected chi connectivity index (χ0v) is 11.8. The molecule has 0 amide bonds. The van der Waals surface area contributed by atoms with E-state index in [1.165, 1.54) is 30.4 Å². The number of primary sulfonamides is 1. The van der Waals surface area contributed by atoms with Gasteiger partial charge < -0.3 is 4.57 Å². The largest absolute Gasteiger partial charge is 0.323 e. The molecule has 4 nitrogen and oxygen atoms in total. The molecular formula is C15H16N2O2S. The summed E-state index contributed by atoms with van der Waals surface area (Å²) in [6.07, 6.45) is 8.34. The van der Waals surface area contributed by atoms with Crippen LogP contribution < -0.4 is 5.14 Å². The molecule has 2 aromatic rings. The second-order valence-electron chi connectivity index (χ2n) is 5.82. The molecule has 0 radical (unpaired) electrons. The Morgan fingerprint density at radius 2 is 1.55 bits per heavy atom. The number of sulfonamides is 1. The fourth-order valence-electron chi connectivity index (χ4n) is 3.67. The number of fused-ring (bicyclic) bond motifs is 5. The molecule has 2 N–H and O–H groups in total. The molecule has 2 unspecified atom stereocenters. The van der Waals surface area contributed by atoms with Gasteiger partial charge in [0, 0.05) is 18.1 Å². The summed E-state index contributed by atoms with van der Waals surface area (Å²) >= 11 is 0. The summed E-state index contributed by atoms with van der Waals surface area (Å²) < 4.78 is 24.6. The van der Waals surface area contributed by atoms with Gasteiger partial charge in [0.25, 0.3) is 0 Å². The first kappa shape index (κ1) is 12.2. The lowest BCUT2D eigenvalue weighted by molar-refractivity contribution is 0.598. The number of benzene rings is 1. The van der Waals surface area contributed by atoms with Gasteiger partial charge in [-0.25, -0.2) is 13.6 Å². The van der Waals surface area contributed by atoms with Gasteiger partial charge in [-0.2, -0.15) is 0 Å². The van der Waals surface area contributed by atoms with Crippen molar-refractivity contribution in [3.63, 3.8) is 0 Å². The van der Waals surface area contributed by atoms with E-state index >= 15 is 0 Å². The molecule has 1 aromatic heterocycles. The number of hydrogen-bond acceptors (Lipinski definition) is 2. The van der Waals surface area contributed by atoms with Crippen LogP contribution in [0, 0.1) is 0 Å². The Morgan fingerprint density at radius 3 is 2.05 bits per heavy atom. The van der Waals surface area contributed by atoms with E-state index in [0.717, 1.165) is 17.5 Å². The normalized spacial score (nSPS) is 24.1. The van der Waals surface area contributed by atoms with Crippen molar-refractivity contribution >= 4 is 10.0 Å². The molecule has 2 aliphatic carbocycles. The first-order valence-corrected chi connectivity index (χ1v) is 8.42. The van der Waals surface area contributed by atoms with Gasteiger partial charge in [0.05, 0.1) is 4.90 Å². The highest BCUT2D eigenvalue weighted by Gasteiger charge is 2.37. The van der Waals surface area contributed by atoms with Crippen LogP contribution in [-0.2, 0) is 10.0 Å². The van der Waals surface area contributed by atoms with Gasteiger partial charge in [-0.15, -0.1) is 0 Å². The Morgan fingerprint density at radius 1 is 1.00 bits per heavy atom. The molecule has 104 valence electrons. The van der Waals surface area contributed by atoms with Crippen molar-refractivity contribution in [2.75, 3.05) is 0 Å². The van der Waals surface area contributed by atoms with E-state index in [1.54, 1.807) is 24.3 Å². The molecule has 0 aliphatic heterocycles. The van der Waals surface area contributed by atoms with Gasteiger partial charge in [-0.05, 0) is 66.5 Å². The van der Waals surface area contributed by atoms with E-state index in [1.807, 2.05) is 0 Å². The van der Waals surface area contributed by atoms with Crippen molar-refractivity contribution in [3.8, 4) is 5.69 Å². The second kappa shape index (κ2) is 3.96. The fourth-order valence-corrected chi connectivity index (χ4v) is 4.19. The number of hydrogen-bond donors (Lipinski definition) is 1. The average molecular weight is 288 g/mol. The van der Waals surface area contributed by atoms with Gasteiger partial charge in [0.1, 0.15) is 0 Å². The van der Waals surface area contributed by atoms with Crippen molar-refractivity contribution in [2.45, 2.75) is 36.0 Å². The van der Waals surface area contributed by atoms with E-state index in [0.29, 0.717) is 0 Å². The van der Waals surface area contributed by atoms with E-state index < -0.39 is 10.0 Å². The second-order valence-corrected chi connectivity index (χ2v) is 7.38. The van der Waals surface area contributed by atoms with Crippen molar-refractivity contribution in [2.24, 2.45) is 5.14 Å². The molecule has 2 atom stereocenters. The van der Waals surface area contributed by atoms with Gasteiger partial charge in [0.2, 0.25) is 10.0 Å². The van der Waals surface area contributed by atoms with Gasteiger partial charge in [-0.3, -0.25) is 0 Å². The summed E-state index contributed by atoms with van der Waals surface area (Å²) in [6, 6.07) is 6.72. The first-order valence-electron chi connectivity index (χ1n) is 6.87. The predicted molar refractivity (Wildman–Crippen MR) is 76.5 cm³/mol. The molecule has 2 aliphatic rings. The van der Waals surface area contributed by atoms with Crippen molar-refractivity contribution < 1.29 is 8.42 Å². The van der Waals surface area contributed by atoms with Crippen molar-refractivity contribution in [1.29, 1.82) is 0 Å². The maximum absolute atomic E-state index is 11.3. The van der Waals surface area contributed by atoms with Crippen LogP contribution in [0.3, 0.4) is 0 Å². The minimum atomic E-state index is -3.62. The number of rotatable bonds is 2. The molecule has 2 bridgehead atoms. The smallest absolute Gasteiger partial charge is 0.238 e. The monoisotopic (exact) mass is 288 g/mol. The highest BCUT2D eigenvalue weighted by molar-refractivity contribution is 7.89. The molecule has 5 heteroatoms. The first-order chi connectivity index (χ1) is 9.52. The Hall–Kier alpha value is -1.59. The fraction of sp³-hybridized carbons (Fsp3) is 0.333. The van der Waals surface area contributed by atoms with Crippen LogP contribution in [0.25, 0.3) is 5.69 Å². The minimum Gasteiger partial charge on any atom is -0.323 e. The van der Waals surface area contributed by atoms with E-state index in [9.17, 15) is 8.42 Å². The van der Waals surface area contributed by atoms with Gasteiger partial charge >= 0.3 is 0 Å². The quantitative estimate of drug-likeness (QED) is 0.922. The maximum Gasteiger partial charge on any atom is 0.238 e. The molecule has 4 rings (SSSR count). The minimum absolute atomic E-state index is 0.154. The van der Waals surface area contributed by atoms with Crippen LogP contribution in [-0.4, -0.2) is 13.0 Å². The highest BCUT2D eigenvalue weighted by Crippen LogP contribution is 2.53. The summed E-state index contributed by atoms with van der Waals surface area (Å²) in [5.74, 6) is 1.47. The third kappa shape index (κ3) is 1.73. The molecule has 0 saturated heterocycles. The molecule has 1 fully saturated rings. The van der Waals surface area contributed by atoms with Gasteiger partial charge in [0.15, 0.2) is 0 Å². The third-order valence-electron chi connectivity index (χ3n) is 4.67. The topological polar surface area (TPSA) is 65.1 Å². The lowest BCUT2D eigenvalue weighted by atomic mass is 9.96. The van der Waals surface area contributed by atoms with Crippen LogP contribution in [0.4, 0.5) is 0 Å². The van der Waals surface area contributed by atoms with E-state index in [2.05, 4.69) is 17.0 Å². The summed E-state index contributed by atoms with van der Waals surface area (Å²) in [4.78, 5) is 0.154.